The third-order valence-corrected chi connectivity index (χ3v) is 3.40. The van der Waals surface area contributed by atoms with Crippen molar-refractivity contribution in [2.75, 3.05) is 7.11 Å². The van der Waals surface area contributed by atoms with Crippen molar-refractivity contribution < 1.29 is 4.74 Å². The van der Waals surface area contributed by atoms with Gasteiger partial charge in [-0.25, -0.2) is 0 Å². The minimum absolute atomic E-state index is 0.887. The Labute approximate surface area is 112 Å². The van der Waals surface area contributed by atoms with E-state index >= 15 is 0 Å². The number of hydrogen-bond acceptors (Lipinski definition) is 2. The summed E-state index contributed by atoms with van der Waals surface area (Å²) in [6.07, 6.45) is 3.74. The lowest BCUT2D eigenvalue weighted by molar-refractivity contribution is 0.415. The largest absolute Gasteiger partial charge is 0.497 e. The molecular weight excluding hydrogens is 234 g/mol. The number of methoxy groups -OCH3 is 1. The summed E-state index contributed by atoms with van der Waals surface area (Å²) in [6, 6.07) is 14.6. The summed E-state index contributed by atoms with van der Waals surface area (Å²) in [5, 5.41) is 2.39. The molecular formula is C17H15NO. The molecule has 0 atom stereocenters. The maximum Gasteiger partial charge on any atom is 0.119 e. The first-order chi connectivity index (χ1) is 9.28. The molecule has 0 N–H and O–H groups in total. The van der Waals surface area contributed by atoms with Crippen molar-refractivity contribution in [3.05, 3.63) is 60.4 Å². The number of hydrogen-bond donors (Lipinski definition) is 0. The highest BCUT2D eigenvalue weighted by Crippen LogP contribution is 2.28. The Balaban J connectivity index is 2.15. The first-order valence-electron chi connectivity index (χ1n) is 6.27. The normalized spacial score (nSPS) is 10.6. The summed E-state index contributed by atoms with van der Waals surface area (Å²) in [6.45, 7) is 2.11. The van der Waals surface area contributed by atoms with Crippen molar-refractivity contribution in [3.63, 3.8) is 0 Å². The minimum Gasteiger partial charge on any atom is -0.497 e. The van der Waals surface area contributed by atoms with E-state index in [-0.39, 0.29) is 0 Å². The standard InChI is InChI=1S/C17H15NO/c1-12-7-8-18-11-17(12)15-4-3-14-10-16(19-2)6-5-13(14)9-15/h3-11H,1-2H3. The van der Waals surface area contributed by atoms with Crippen LogP contribution >= 0.6 is 0 Å². The van der Waals surface area contributed by atoms with Gasteiger partial charge in [-0.3, -0.25) is 4.98 Å². The molecule has 0 fully saturated rings. The average Bonchev–Trinajstić information content (AvgIpc) is 2.46. The van der Waals surface area contributed by atoms with Crippen LogP contribution < -0.4 is 4.74 Å². The SMILES string of the molecule is COc1ccc2cc(-c3cnccc3C)ccc2c1. The molecule has 0 aliphatic rings. The highest BCUT2D eigenvalue weighted by molar-refractivity contribution is 5.88. The molecule has 2 nitrogen and oxygen atoms in total. The van der Waals surface area contributed by atoms with Crippen molar-refractivity contribution in [2.45, 2.75) is 6.92 Å². The maximum absolute atomic E-state index is 5.25. The Hall–Kier alpha value is -2.35. The number of ether oxygens (including phenoxy) is 1. The molecule has 0 aliphatic heterocycles. The third-order valence-electron chi connectivity index (χ3n) is 3.40. The van der Waals surface area contributed by atoms with Crippen LogP contribution in [0, 0.1) is 6.92 Å². The Kier molecular flexibility index (Phi) is 2.92. The summed E-state index contributed by atoms with van der Waals surface area (Å²) >= 11 is 0. The van der Waals surface area contributed by atoms with Crippen LogP contribution in [-0.2, 0) is 0 Å². The van der Waals surface area contributed by atoms with Gasteiger partial charge in [0.05, 0.1) is 7.11 Å². The minimum atomic E-state index is 0.887. The van der Waals surface area contributed by atoms with Gasteiger partial charge in [0.1, 0.15) is 5.75 Å². The van der Waals surface area contributed by atoms with Crippen molar-refractivity contribution >= 4 is 10.8 Å². The lowest BCUT2D eigenvalue weighted by Gasteiger charge is -2.07. The molecule has 0 bridgehead atoms. The van der Waals surface area contributed by atoms with Gasteiger partial charge in [-0.15, -0.1) is 0 Å². The summed E-state index contributed by atoms with van der Waals surface area (Å²) in [7, 11) is 1.69. The molecule has 19 heavy (non-hydrogen) atoms. The summed E-state index contributed by atoms with van der Waals surface area (Å²) in [4.78, 5) is 4.21. The van der Waals surface area contributed by atoms with Gasteiger partial charge in [0.25, 0.3) is 0 Å². The summed E-state index contributed by atoms with van der Waals surface area (Å²) in [5.41, 5.74) is 3.62. The van der Waals surface area contributed by atoms with E-state index in [1.54, 1.807) is 7.11 Å². The Morgan fingerprint density at radius 2 is 1.74 bits per heavy atom. The number of aromatic nitrogens is 1. The molecule has 0 saturated carbocycles. The van der Waals surface area contributed by atoms with Crippen molar-refractivity contribution in [2.24, 2.45) is 0 Å². The second-order valence-electron chi connectivity index (χ2n) is 4.62. The monoisotopic (exact) mass is 249 g/mol. The lowest BCUT2D eigenvalue weighted by Crippen LogP contribution is -1.86. The van der Waals surface area contributed by atoms with E-state index in [0.29, 0.717) is 0 Å². The zero-order valence-corrected chi connectivity index (χ0v) is 11.1. The topological polar surface area (TPSA) is 22.1 Å². The molecule has 3 aromatic rings. The number of fused-ring (bicyclic) bond motifs is 1. The Morgan fingerprint density at radius 1 is 0.947 bits per heavy atom. The molecule has 1 heterocycles. The molecule has 2 heteroatoms. The number of pyridine rings is 1. The van der Waals surface area contributed by atoms with Crippen LogP contribution in [0.5, 0.6) is 5.75 Å². The summed E-state index contributed by atoms with van der Waals surface area (Å²) in [5.74, 6) is 0.887. The molecule has 3 rings (SSSR count). The van der Waals surface area contributed by atoms with Crippen LogP contribution in [0.15, 0.2) is 54.9 Å². The van der Waals surface area contributed by atoms with Gasteiger partial charge in [-0.1, -0.05) is 18.2 Å². The molecule has 1 aromatic heterocycles. The van der Waals surface area contributed by atoms with Gasteiger partial charge in [0.15, 0.2) is 0 Å². The number of benzene rings is 2. The van der Waals surface area contributed by atoms with Gasteiger partial charge in [0.2, 0.25) is 0 Å². The van der Waals surface area contributed by atoms with Crippen molar-refractivity contribution in [3.8, 4) is 16.9 Å². The van der Waals surface area contributed by atoms with E-state index in [4.69, 9.17) is 4.74 Å². The first-order valence-corrected chi connectivity index (χ1v) is 6.27. The van der Waals surface area contributed by atoms with Crippen molar-refractivity contribution in [1.82, 2.24) is 4.98 Å². The van der Waals surface area contributed by atoms with E-state index in [2.05, 4.69) is 42.2 Å². The van der Waals surface area contributed by atoms with Crippen LogP contribution in [-0.4, -0.2) is 12.1 Å². The van der Waals surface area contributed by atoms with Crippen molar-refractivity contribution in [1.29, 1.82) is 0 Å². The maximum atomic E-state index is 5.25. The molecule has 94 valence electrons. The molecule has 0 aliphatic carbocycles. The molecule has 2 aromatic carbocycles. The zero-order chi connectivity index (χ0) is 13.2. The number of nitrogens with zero attached hydrogens (tertiary/aromatic N) is 1. The number of rotatable bonds is 2. The fraction of sp³-hybridized carbons (Fsp3) is 0.118. The first kappa shape index (κ1) is 11.7. The van der Waals surface area contributed by atoms with E-state index < -0.39 is 0 Å². The fourth-order valence-corrected chi connectivity index (χ4v) is 2.28. The molecule has 0 saturated heterocycles. The van der Waals surface area contributed by atoms with Crippen LogP contribution in [0.25, 0.3) is 21.9 Å². The predicted octanol–water partition coefficient (Wildman–Crippen LogP) is 4.22. The van der Waals surface area contributed by atoms with Gasteiger partial charge < -0.3 is 4.74 Å². The Morgan fingerprint density at radius 3 is 2.53 bits per heavy atom. The molecule has 0 unspecified atom stereocenters. The lowest BCUT2D eigenvalue weighted by atomic mass is 9.99. The number of aryl methyl sites for hydroxylation is 1. The summed E-state index contributed by atoms with van der Waals surface area (Å²) < 4.78 is 5.25. The van der Waals surface area contributed by atoms with E-state index in [0.717, 1.165) is 5.75 Å². The Bertz CT molecular complexity index is 734. The van der Waals surface area contributed by atoms with Gasteiger partial charge in [-0.2, -0.15) is 0 Å². The quantitative estimate of drug-likeness (QED) is 0.678. The second kappa shape index (κ2) is 4.73. The average molecular weight is 249 g/mol. The van der Waals surface area contributed by atoms with Gasteiger partial charge in [-0.05, 0) is 53.1 Å². The van der Waals surface area contributed by atoms with Crippen LogP contribution in [0.4, 0.5) is 0 Å². The van der Waals surface area contributed by atoms with Crippen LogP contribution in [0.1, 0.15) is 5.56 Å². The van der Waals surface area contributed by atoms with Crippen LogP contribution in [0.3, 0.4) is 0 Å². The van der Waals surface area contributed by atoms with Gasteiger partial charge in [0, 0.05) is 18.0 Å². The zero-order valence-electron chi connectivity index (χ0n) is 11.1. The van der Waals surface area contributed by atoms with E-state index in [9.17, 15) is 0 Å². The highest BCUT2D eigenvalue weighted by Gasteiger charge is 2.03. The van der Waals surface area contributed by atoms with Crippen LogP contribution in [0.2, 0.25) is 0 Å². The fourth-order valence-electron chi connectivity index (χ4n) is 2.28. The molecule has 0 radical (unpaired) electrons. The predicted molar refractivity (Wildman–Crippen MR) is 78.5 cm³/mol. The van der Waals surface area contributed by atoms with Gasteiger partial charge >= 0.3 is 0 Å². The second-order valence-corrected chi connectivity index (χ2v) is 4.62. The smallest absolute Gasteiger partial charge is 0.119 e. The highest BCUT2D eigenvalue weighted by atomic mass is 16.5. The van der Waals surface area contributed by atoms with E-state index in [1.807, 2.05) is 24.5 Å². The molecule has 0 spiro atoms. The molecule has 0 amide bonds. The van der Waals surface area contributed by atoms with E-state index in [1.165, 1.54) is 27.5 Å². The third kappa shape index (κ3) is 2.17.